The molecule has 0 aliphatic carbocycles. The Morgan fingerprint density at radius 3 is 2.52 bits per heavy atom. The maximum atomic E-state index is 14.2. The highest BCUT2D eigenvalue weighted by molar-refractivity contribution is 7.07. The number of benzene rings is 2. The van der Waals surface area contributed by atoms with E-state index in [4.69, 9.17) is 44.0 Å². The van der Waals surface area contributed by atoms with Crippen LogP contribution in [-0.2, 0) is 9.53 Å². The van der Waals surface area contributed by atoms with Crippen molar-refractivity contribution in [1.29, 1.82) is 0 Å². The second-order valence-electron chi connectivity index (χ2n) is 8.42. The van der Waals surface area contributed by atoms with Crippen LogP contribution < -0.4 is 14.9 Å². The predicted molar refractivity (Wildman–Crippen MR) is 146 cm³/mol. The Hall–Kier alpha value is -3.31. The number of aromatic nitrogens is 1. The zero-order valence-corrected chi connectivity index (χ0v) is 23.3. The number of furan rings is 1. The van der Waals surface area contributed by atoms with Gasteiger partial charge >= 0.3 is 12.1 Å². The van der Waals surface area contributed by atoms with Crippen molar-refractivity contribution in [3.05, 3.63) is 112 Å². The molecule has 0 fully saturated rings. The third-order valence-electron chi connectivity index (χ3n) is 5.90. The van der Waals surface area contributed by atoms with E-state index in [0.29, 0.717) is 21.4 Å². The molecule has 1 aliphatic heterocycles. The van der Waals surface area contributed by atoms with Crippen LogP contribution in [-0.4, -0.2) is 23.3 Å². The predicted octanol–water partition coefficient (Wildman–Crippen LogP) is 6.56. The van der Waals surface area contributed by atoms with E-state index in [1.54, 1.807) is 30.3 Å². The first-order valence-corrected chi connectivity index (χ1v) is 13.5. The quantitative estimate of drug-likeness (QED) is 0.235. The number of alkyl halides is 3. The van der Waals surface area contributed by atoms with Crippen LogP contribution in [0.4, 0.5) is 13.2 Å². The van der Waals surface area contributed by atoms with Crippen LogP contribution in [0.3, 0.4) is 0 Å². The largest absolute Gasteiger partial charge is 0.463 e. The molecule has 4 aromatic rings. The summed E-state index contributed by atoms with van der Waals surface area (Å²) in [5.74, 6) is -0.628. The first-order chi connectivity index (χ1) is 19.0. The number of fused-ring (bicyclic) bond motifs is 1. The zero-order chi connectivity index (χ0) is 28.8. The van der Waals surface area contributed by atoms with Crippen molar-refractivity contribution in [2.75, 3.05) is 6.61 Å². The molecule has 1 aliphatic rings. The number of carbonyl (C=O) groups is 1. The van der Waals surface area contributed by atoms with Gasteiger partial charge in [-0.25, -0.2) is 9.79 Å². The summed E-state index contributed by atoms with van der Waals surface area (Å²) in [6, 6.07) is 12.5. The minimum atomic E-state index is -5.01. The molecule has 13 heteroatoms. The Morgan fingerprint density at radius 2 is 1.85 bits per heavy atom. The highest BCUT2D eigenvalue weighted by Gasteiger charge is 2.45. The van der Waals surface area contributed by atoms with E-state index in [0.717, 1.165) is 15.9 Å². The molecule has 0 unspecified atom stereocenters. The van der Waals surface area contributed by atoms with Crippen LogP contribution in [0.2, 0.25) is 15.1 Å². The lowest BCUT2D eigenvalue weighted by Crippen LogP contribution is -2.41. The maximum Gasteiger partial charge on any atom is 0.434 e. The van der Waals surface area contributed by atoms with Gasteiger partial charge < -0.3 is 9.15 Å². The molecular formula is C27H16Cl3F3N2O4S. The van der Waals surface area contributed by atoms with Crippen LogP contribution in [0.5, 0.6) is 0 Å². The number of esters is 1. The summed E-state index contributed by atoms with van der Waals surface area (Å²) in [5.41, 5.74) is -2.17. The Bertz CT molecular complexity index is 1840. The van der Waals surface area contributed by atoms with Crippen molar-refractivity contribution in [2.45, 2.75) is 19.1 Å². The highest BCUT2D eigenvalue weighted by Crippen LogP contribution is 2.39. The lowest BCUT2D eigenvalue weighted by atomic mass is 9.95. The fourth-order valence-corrected chi connectivity index (χ4v) is 5.70. The Morgan fingerprint density at radius 1 is 1.12 bits per heavy atom. The second kappa shape index (κ2) is 10.9. The van der Waals surface area contributed by atoms with Gasteiger partial charge in [-0.05, 0) is 48.9 Å². The summed E-state index contributed by atoms with van der Waals surface area (Å²) in [4.78, 5) is 30.0. The smallest absolute Gasteiger partial charge is 0.434 e. The van der Waals surface area contributed by atoms with E-state index < -0.39 is 35.0 Å². The first kappa shape index (κ1) is 28.2. The third kappa shape index (κ3) is 5.24. The molecule has 0 radical (unpaired) electrons. The molecule has 40 heavy (non-hydrogen) atoms. The SMILES string of the molecule is CCOC(=O)C1=C(C(F)(F)F)N=c2s/c(=C\c3ccc(-c4cccc(Cl)c4Cl)o3)c(=O)n2[C@@H]1c1ccc(Cl)cc1. The summed E-state index contributed by atoms with van der Waals surface area (Å²) in [6.07, 6.45) is -3.62. The molecule has 6 nitrogen and oxygen atoms in total. The van der Waals surface area contributed by atoms with Crippen LogP contribution in [0.15, 0.2) is 80.1 Å². The second-order valence-corrected chi connectivity index (χ2v) is 10.6. The van der Waals surface area contributed by atoms with E-state index in [9.17, 15) is 22.8 Å². The van der Waals surface area contributed by atoms with Crippen molar-refractivity contribution >= 4 is 58.2 Å². The van der Waals surface area contributed by atoms with E-state index in [2.05, 4.69) is 4.99 Å². The fourth-order valence-electron chi connectivity index (χ4n) is 4.20. The fraction of sp³-hybridized carbons (Fsp3) is 0.148. The van der Waals surface area contributed by atoms with Gasteiger partial charge in [-0.1, -0.05) is 64.3 Å². The van der Waals surface area contributed by atoms with Gasteiger partial charge in [-0.2, -0.15) is 13.2 Å². The first-order valence-electron chi connectivity index (χ1n) is 11.6. The van der Waals surface area contributed by atoms with Crippen LogP contribution in [0, 0.1) is 0 Å². The number of allylic oxidation sites excluding steroid dienone is 1. The molecule has 0 spiro atoms. The Kier molecular flexibility index (Phi) is 7.71. The standard InChI is InChI=1S/C27H16Cl3F3N2O4S/c1-2-38-25(37)20-22(13-6-8-14(28)9-7-13)35-24(36)19(40-26(35)34-23(20)27(31,32)33)12-15-10-11-18(39-15)16-4-3-5-17(29)21(16)30/h3-12,22H,2H2,1H3/b19-12-/t22-/m1/s1. The Labute approximate surface area is 243 Å². The average Bonchev–Trinajstić information content (AvgIpc) is 3.49. The van der Waals surface area contributed by atoms with Gasteiger partial charge in [0.05, 0.1) is 32.8 Å². The van der Waals surface area contributed by atoms with E-state index in [-0.39, 0.29) is 32.3 Å². The number of hydrogen-bond acceptors (Lipinski definition) is 6. The van der Waals surface area contributed by atoms with Crippen molar-refractivity contribution < 1.29 is 27.1 Å². The van der Waals surface area contributed by atoms with Crippen molar-refractivity contribution in [1.82, 2.24) is 4.57 Å². The molecule has 2 aromatic carbocycles. The molecule has 0 amide bonds. The van der Waals surface area contributed by atoms with Gasteiger partial charge in [-0.3, -0.25) is 9.36 Å². The normalized spacial score (nSPS) is 15.7. The molecule has 0 bridgehead atoms. The number of halogens is 6. The maximum absolute atomic E-state index is 14.2. The molecule has 0 saturated heterocycles. The zero-order valence-electron chi connectivity index (χ0n) is 20.3. The molecule has 3 heterocycles. The number of hydrogen-bond donors (Lipinski definition) is 0. The number of carbonyl (C=O) groups excluding carboxylic acids is 1. The third-order valence-corrected chi connectivity index (χ3v) is 7.95. The van der Waals surface area contributed by atoms with Crippen molar-refractivity contribution in [3.8, 4) is 11.3 Å². The number of nitrogens with zero attached hydrogens (tertiary/aromatic N) is 2. The monoisotopic (exact) mass is 626 g/mol. The van der Waals surface area contributed by atoms with Crippen molar-refractivity contribution in [2.24, 2.45) is 4.99 Å². The number of rotatable bonds is 5. The number of ether oxygens (including phenoxy) is 1. The molecular weight excluding hydrogens is 612 g/mol. The van der Waals surface area contributed by atoms with Gasteiger partial charge in [0.2, 0.25) is 0 Å². The van der Waals surface area contributed by atoms with Gasteiger partial charge in [-0.15, -0.1) is 0 Å². The van der Waals surface area contributed by atoms with Gasteiger partial charge in [0.15, 0.2) is 10.5 Å². The van der Waals surface area contributed by atoms with E-state index in [1.165, 1.54) is 37.3 Å². The van der Waals surface area contributed by atoms with Crippen molar-refractivity contribution in [3.63, 3.8) is 0 Å². The van der Waals surface area contributed by atoms with Crippen LogP contribution in [0.1, 0.15) is 24.3 Å². The molecule has 0 N–H and O–H groups in total. The topological polar surface area (TPSA) is 73.8 Å². The van der Waals surface area contributed by atoms with E-state index >= 15 is 0 Å². The lowest BCUT2D eigenvalue weighted by molar-refractivity contribution is -0.140. The molecule has 0 saturated carbocycles. The van der Waals surface area contributed by atoms with Gasteiger partial charge in [0.1, 0.15) is 11.5 Å². The average molecular weight is 628 g/mol. The highest BCUT2D eigenvalue weighted by atomic mass is 35.5. The van der Waals surface area contributed by atoms with Crippen LogP contribution in [0.25, 0.3) is 17.4 Å². The Balaban J connectivity index is 1.71. The summed E-state index contributed by atoms with van der Waals surface area (Å²) < 4.78 is 54.5. The minimum Gasteiger partial charge on any atom is -0.463 e. The molecule has 206 valence electrons. The minimum absolute atomic E-state index is 0.0300. The molecule has 5 rings (SSSR count). The van der Waals surface area contributed by atoms with Crippen LogP contribution >= 0.6 is 46.1 Å². The van der Waals surface area contributed by atoms with Gasteiger partial charge in [0.25, 0.3) is 5.56 Å². The summed E-state index contributed by atoms with van der Waals surface area (Å²) >= 11 is 19.1. The molecule has 1 atom stereocenters. The van der Waals surface area contributed by atoms with Gasteiger partial charge in [0, 0.05) is 16.7 Å². The van der Waals surface area contributed by atoms with E-state index in [1.807, 2.05) is 0 Å². The summed E-state index contributed by atoms with van der Waals surface area (Å²) in [5, 5.41) is 0.923. The summed E-state index contributed by atoms with van der Waals surface area (Å²) in [7, 11) is 0. The summed E-state index contributed by atoms with van der Waals surface area (Å²) in [6.45, 7) is 1.29. The number of thiazole rings is 1. The molecule has 2 aromatic heterocycles. The lowest BCUT2D eigenvalue weighted by Gasteiger charge is -2.26.